The number of anilines is 1. The molecule has 1 saturated carbocycles. The molecule has 0 spiro atoms. The highest BCUT2D eigenvalue weighted by molar-refractivity contribution is 5.50. The Bertz CT molecular complexity index is 416. The molecule has 18 heavy (non-hydrogen) atoms. The van der Waals surface area contributed by atoms with Crippen molar-refractivity contribution < 1.29 is 0 Å². The van der Waals surface area contributed by atoms with Crippen LogP contribution in [0, 0.1) is 17.2 Å². The van der Waals surface area contributed by atoms with Crippen LogP contribution in [-0.4, -0.2) is 16.2 Å². The first-order valence-electron chi connectivity index (χ1n) is 6.81. The molecule has 0 amide bonds. The molecule has 1 heterocycles. The van der Waals surface area contributed by atoms with E-state index in [-0.39, 0.29) is 0 Å². The third-order valence-electron chi connectivity index (χ3n) is 3.73. The van der Waals surface area contributed by atoms with Crippen molar-refractivity contribution in [2.45, 2.75) is 51.5 Å². The molecule has 96 valence electrons. The van der Waals surface area contributed by atoms with E-state index in [1.54, 1.807) is 12.3 Å². The summed E-state index contributed by atoms with van der Waals surface area (Å²) in [5, 5.41) is 20.2. The zero-order chi connectivity index (χ0) is 12.8. The number of hydrogen-bond donors (Lipinski definition) is 1. The molecular formula is C14H20N4. The van der Waals surface area contributed by atoms with Gasteiger partial charge in [-0.1, -0.05) is 19.8 Å². The molecule has 0 saturated heterocycles. The normalized spacial score (nSPS) is 23.3. The van der Waals surface area contributed by atoms with Gasteiger partial charge < -0.3 is 5.32 Å². The van der Waals surface area contributed by atoms with Gasteiger partial charge in [-0.05, 0) is 37.7 Å². The number of hydrogen-bond acceptors (Lipinski definition) is 4. The van der Waals surface area contributed by atoms with Gasteiger partial charge in [0.05, 0.1) is 11.8 Å². The average Bonchev–Trinajstić information content (AvgIpc) is 2.42. The Balaban J connectivity index is 1.90. The van der Waals surface area contributed by atoms with E-state index in [1.165, 1.54) is 38.5 Å². The van der Waals surface area contributed by atoms with Crippen LogP contribution in [0.15, 0.2) is 12.3 Å². The summed E-state index contributed by atoms with van der Waals surface area (Å²) in [7, 11) is 0. The third kappa shape index (κ3) is 3.19. The lowest BCUT2D eigenvalue weighted by Gasteiger charge is -2.29. The molecule has 1 aromatic heterocycles. The van der Waals surface area contributed by atoms with E-state index in [2.05, 4.69) is 28.5 Å². The molecule has 0 atom stereocenters. The molecule has 0 aromatic carbocycles. The summed E-state index contributed by atoms with van der Waals surface area (Å²) in [4.78, 5) is 0. The van der Waals surface area contributed by atoms with Crippen molar-refractivity contribution in [2.75, 3.05) is 5.32 Å². The summed E-state index contributed by atoms with van der Waals surface area (Å²) >= 11 is 0. The van der Waals surface area contributed by atoms with Gasteiger partial charge in [0.1, 0.15) is 6.07 Å². The van der Waals surface area contributed by atoms with Crippen LogP contribution in [0.2, 0.25) is 0 Å². The second-order valence-electron chi connectivity index (χ2n) is 5.06. The SMILES string of the molecule is CCCC1CCC(Nc2nnccc2C#N)CC1. The van der Waals surface area contributed by atoms with Crippen LogP contribution < -0.4 is 5.32 Å². The monoisotopic (exact) mass is 244 g/mol. The Kier molecular flexibility index (Phi) is 4.52. The standard InChI is InChI=1S/C14H20N4/c1-2-3-11-4-6-13(7-5-11)17-14-12(10-15)8-9-16-18-14/h8-9,11,13H,2-7H2,1H3,(H,17,18). The number of nitrogens with one attached hydrogen (secondary N) is 1. The lowest BCUT2D eigenvalue weighted by molar-refractivity contribution is 0.318. The number of nitriles is 1. The molecule has 1 fully saturated rings. The number of rotatable bonds is 4. The molecule has 2 rings (SSSR count). The van der Waals surface area contributed by atoms with E-state index in [9.17, 15) is 0 Å². The van der Waals surface area contributed by atoms with Crippen molar-refractivity contribution in [3.05, 3.63) is 17.8 Å². The minimum Gasteiger partial charge on any atom is -0.365 e. The van der Waals surface area contributed by atoms with Gasteiger partial charge in [0.2, 0.25) is 0 Å². The number of nitrogens with zero attached hydrogens (tertiary/aromatic N) is 3. The fourth-order valence-corrected chi connectivity index (χ4v) is 2.73. The quantitative estimate of drug-likeness (QED) is 0.884. The summed E-state index contributed by atoms with van der Waals surface area (Å²) in [6.45, 7) is 2.25. The van der Waals surface area contributed by atoms with Crippen LogP contribution in [0.5, 0.6) is 0 Å². The molecule has 4 nitrogen and oxygen atoms in total. The largest absolute Gasteiger partial charge is 0.365 e. The topological polar surface area (TPSA) is 61.6 Å². The van der Waals surface area contributed by atoms with Crippen molar-refractivity contribution in [2.24, 2.45) is 5.92 Å². The first kappa shape index (κ1) is 12.8. The van der Waals surface area contributed by atoms with Gasteiger partial charge in [0.15, 0.2) is 5.82 Å². The Morgan fingerprint density at radius 2 is 2.17 bits per heavy atom. The molecule has 0 radical (unpaired) electrons. The van der Waals surface area contributed by atoms with E-state index in [4.69, 9.17) is 5.26 Å². The summed E-state index contributed by atoms with van der Waals surface area (Å²) < 4.78 is 0. The second-order valence-corrected chi connectivity index (χ2v) is 5.06. The van der Waals surface area contributed by atoms with Gasteiger partial charge >= 0.3 is 0 Å². The predicted molar refractivity (Wildman–Crippen MR) is 71.0 cm³/mol. The second kappa shape index (κ2) is 6.34. The van der Waals surface area contributed by atoms with Crippen LogP contribution >= 0.6 is 0 Å². The maximum Gasteiger partial charge on any atom is 0.166 e. The minimum absolute atomic E-state index is 0.446. The highest BCUT2D eigenvalue weighted by Crippen LogP contribution is 2.29. The van der Waals surface area contributed by atoms with Crippen LogP contribution in [0.3, 0.4) is 0 Å². The van der Waals surface area contributed by atoms with E-state index in [1.807, 2.05) is 0 Å². The summed E-state index contributed by atoms with van der Waals surface area (Å²) in [6, 6.07) is 4.30. The van der Waals surface area contributed by atoms with E-state index in [0.29, 0.717) is 17.4 Å². The van der Waals surface area contributed by atoms with E-state index >= 15 is 0 Å². The molecule has 4 heteroatoms. The van der Waals surface area contributed by atoms with E-state index in [0.717, 1.165) is 5.92 Å². The van der Waals surface area contributed by atoms with Crippen molar-refractivity contribution in [3.8, 4) is 6.07 Å². The number of aromatic nitrogens is 2. The van der Waals surface area contributed by atoms with Crippen molar-refractivity contribution >= 4 is 5.82 Å². The van der Waals surface area contributed by atoms with Gasteiger partial charge in [-0.15, -0.1) is 5.10 Å². The summed E-state index contributed by atoms with van der Waals surface area (Å²) in [5.41, 5.74) is 0.584. The third-order valence-corrected chi connectivity index (χ3v) is 3.73. The maximum atomic E-state index is 9.00. The maximum absolute atomic E-state index is 9.00. The Labute approximate surface area is 108 Å². The van der Waals surface area contributed by atoms with Gasteiger partial charge in [0, 0.05) is 6.04 Å². The summed E-state index contributed by atoms with van der Waals surface area (Å²) in [5.74, 6) is 1.53. The van der Waals surface area contributed by atoms with E-state index < -0.39 is 0 Å². The minimum atomic E-state index is 0.446. The lowest BCUT2D eigenvalue weighted by atomic mass is 9.83. The van der Waals surface area contributed by atoms with Crippen molar-refractivity contribution in [1.29, 1.82) is 5.26 Å². The lowest BCUT2D eigenvalue weighted by Crippen LogP contribution is -2.27. The van der Waals surface area contributed by atoms with Crippen molar-refractivity contribution in [1.82, 2.24) is 10.2 Å². The first-order valence-corrected chi connectivity index (χ1v) is 6.81. The van der Waals surface area contributed by atoms with Gasteiger partial charge in [-0.2, -0.15) is 10.4 Å². The molecule has 1 aliphatic carbocycles. The summed E-state index contributed by atoms with van der Waals surface area (Å²) in [6.07, 6.45) is 9.11. The molecule has 1 aliphatic rings. The fraction of sp³-hybridized carbons (Fsp3) is 0.643. The van der Waals surface area contributed by atoms with Gasteiger partial charge in [-0.3, -0.25) is 0 Å². The molecule has 0 aliphatic heterocycles. The zero-order valence-electron chi connectivity index (χ0n) is 10.9. The first-order chi connectivity index (χ1) is 8.83. The molecular weight excluding hydrogens is 224 g/mol. The average molecular weight is 244 g/mol. The Morgan fingerprint density at radius 3 is 2.83 bits per heavy atom. The molecule has 0 unspecified atom stereocenters. The Hall–Kier alpha value is -1.63. The van der Waals surface area contributed by atoms with Crippen LogP contribution in [0.25, 0.3) is 0 Å². The predicted octanol–water partition coefficient (Wildman–Crippen LogP) is 3.12. The highest BCUT2D eigenvalue weighted by Gasteiger charge is 2.21. The smallest absolute Gasteiger partial charge is 0.166 e. The van der Waals surface area contributed by atoms with Gasteiger partial charge in [-0.25, -0.2) is 0 Å². The molecule has 0 bridgehead atoms. The molecule has 1 aromatic rings. The zero-order valence-corrected chi connectivity index (χ0v) is 10.9. The van der Waals surface area contributed by atoms with Crippen molar-refractivity contribution in [3.63, 3.8) is 0 Å². The van der Waals surface area contributed by atoms with Gasteiger partial charge in [0.25, 0.3) is 0 Å². The Morgan fingerprint density at radius 1 is 1.39 bits per heavy atom. The van der Waals surface area contributed by atoms with Crippen LogP contribution in [0.4, 0.5) is 5.82 Å². The van der Waals surface area contributed by atoms with Crippen LogP contribution in [0.1, 0.15) is 51.0 Å². The molecule has 1 N–H and O–H groups in total. The van der Waals surface area contributed by atoms with Crippen LogP contribution in [-0.2, 0) is 0 Å². The highest BCUT2D eigenvalue weighted by atomic mass is 15.2. The fourth-order valence-electron chi connectivity index (χ4n) is 2.73.